The van der Waals surface area contributed by atoms with Crippen molar-refractivity contribution in [3.63, 3.8) is 0 Å². The molecular weight excluding hydrogens is 208 g/mol. The highest BCUT2D eigenvalue weighted by molar-refractivity contribution is 5.15. The molecule has 80 valence electrons. The van der Waals surface area contributed by atoms with Gasteiger partial charge in [0.15, 0.2) is 0 Å². The largest absolute Gasteiger partial charge is 0.297 e. The van der Waals surface area contributed by atoms with Crippen LogP contribution in [0.2, 0.25) is 0 Å². The van der Waals surface area contributed by atoms with Crippen LogP contribution in [0.25, 0.3) is 0 Å². The Kier molecular flexibility index (Phi) is 3.38. The second-order valence-corrected chi connectivity index (χ2v) is 2.40. The third-order valence-corrected chi connectivity index (χ3v) is 1.44. The molecule has 1 rings (SSSR count). The van der Waals surface area contributed by atoms with E-state index in [1.807, 2.05) is 0 Å². The van der Waals surface area contributed by atoms with E-state index >= 15 is 0 Å². The molecular formula is C7H6N2O6. The molecule has 0 saturated carbocycles. The minimum Gasteiger partial charge on any atom is -0.278 e. The molecule has 0 aliphatic rings. The molecule has 0 aliphatic heterocycles. The highest BCUT2D eigenvalue weighted by atomic mass is 17.0. The monoisotopic (exact) mass is 214 g/mol. The van der Waals surface area contributed by atoms with Gasteiger partial charge in [0.1, 0.15) is 0 Å². The highest BCUT2D eigenvalue weighted by Gasteiger charge is 2.19. The summed E-state index contributed by atoms with van der Waals surface area (Å²) in [6.45, 7) is 0. The summed E-state index contributed by atoms with van der Waals surface area (Å²) in [5.74, 6) is 0. The van der Waals surface area contributed by atoms with Crippen molar-refractivity contribution >= 4 is 0 Å². The summed E-state index contributed by atoms with van der Waals surface area (Å²) in [7, 11) is 0. The molecule has 0 aromatic heterocycles. The molecule has 0 radical (unpaired) electrons. The summed E-state index contributed by atoms with van der Waals surface area (Å²) in [6.07, 6.45) is -1.66. The van der Waals surface area contributed by atoms with Gasteiger partial charge in [0, 0.05) is 5.56 Å². The van der Waals surface area contributed by atoms with Gasteiger partial charge in [-0.3, -0.25) is 9.68 Å². The molecule has 8 nitrogen and oxygen atoms in total. The lowest BCUT2D eigenvalue weighted by atomic mass is 10.2. The van der Waals surface area contributed by atoms with Crippen LogP contribution in [-0.2, 0) is 9.68 Å². The quantitative estimate of drug-likeness (QED) is 0.412. The van der Waals surface area contributed by atoms with Crippen LogP contribution < -0.4 is 0 Å². The number of rotatable bonds is 5. The second kappa shape index (κ2) is 4.74. The topological polar surface area (TPSA) is 105 Å². The van der Waals surface area contributed by atoms with Crippen LogP contribution in [0.3, 0.4) is 0 Å². The van der Waals surface area contributed by atoms with Crippen molar-refractivity contribution in [2.24, 2.45) is 0 Å². The normalized spacial score (nSPS) is 9.67. The van der Waals surface area contributed by atoms with Crippen LogP contribution in [-0.4, -0.2) is 10.2 Å². The van der Waals surface area contributed by atoms with Crippen molar-refractivity contribution in [3.05, 3.63) is 56.1 Å². The molecule has 0 saturated heterocycles. The summed E-state index contributed by atoms with van der Waals surface area (Å²) in [4.78, 5) is 28.1. The summed E-state index contributed by atoms with van der Waals surface area (Å²) in [5.41, 5.74) is 0.186. The minimum absolute atomic E-state index is 0.186. The Bertz CT molecular complexity index is 338. The Morgan fingerprint density at radius 2 is 1.47 bits per heavy atom. The van der Waals surface area contributed by atoms with E-state index in [2.05, 4.69) is 9.68 Å². The molecule has 0 atom stereocenters. The van der Waals surface area contributed by atoms with Gasteiger partial charge in [-0.2, -0.15) is 0 Å². The lowest BCUT2D eigenvalue weighted by Gasteiger charge is -2.11. The molecule has 0 unspecified atom stereocenters. The van der Waals surface area contributed by atoms with Crippen LogP contribution in [0.4, 0.5) is 0 Å². The lowest BCUT2D eigenvalue weighted by molar-refractivity contribution is -0.855. The van der Waals surface area contributed by atoms with Gasteiger partial charge >= 0.3 is 0 Å². The molecule has 0 heterocycles. The third-order valence-electron chi connectivity index (χ3n) is 1.44. The number of benzene rings is 1. The molecule has 0 aliphatic carbocycles. The van der Waals surface area contributed by atoms with Crippen molar-refractivity contribution in [1.82, 2.24) is 0 Å². The predicted molar refractivity (Wildman–Crippen MR) is 45.3 cm³/mol. The summed E-state index contributed by atoms with van der Waals surface area (Å²) in [5, 5.41) is 17.8. The second-order valence-electron chi connectivity index (χ2n) is 2.40. The Morgan fingerprint density at radius 3 is 1.87 bits per heavy atom. The van der Waals surface area contributed by atoms with Crippen molar-refractivity contribution in [2.45, 2.75) is 6.29 Å². The number of hydrogen-bond donors (Lipinski definition) is 0. The maximum Gasteiger partial charge on any atom is 0.297 e. The van der Waals surface area contributed by atoms with Crippen LogP contribution in [0.1, 0.15) is 11.9 Å². The Hall–Kier alpha value is -2.38. The van der Waals surface area contributed by atoms with E-state index in [0.717, 1.165) is 0 Å². The fourth-order valence-electron chi connectivity index (χ4n) is 0.907. The van der Waals surface area contributed by atoms with Crippen molar-refractivity contribution < 1.29 is 19.8 Å². The average molecular weight is 214 g/mol. The fraction of sp³-hybridized carbons (Fsp3) is 0.143. The van der Waals surface area contributed by atoms with Crippen LogP contribution in [0.5, 0.6) is 0 Å². The number of nitrogens with zero attached hydrogens (tertiary/aromatic N) is 2. The van der Waals surface area contributed by atoms with E-state index in [4.69, 9.17) is 0 Å². The van der Waals surface area contributed by atoms with E-state index in [1.165, 1.54) is 12.1 Å². The first-order chi connectivity index (χ1) is 7.09. The van der Waals surface area contributed by atoms with Gasteiger partial charge in [-0.1, -0.05) is 30.3 Å². The fourth-order valence-corrected chi connectivity index (χ4v) is 0.907. The van der Waals surface area contributed by atoms with E-state index in [0.29, 0.717) is 0 Å². The molecule has 0 amide bonds. The predicted octanol–water partition coefficient (Wildman–Crippen LogP) is 1.10. The molecule has 0 fully saturated rings. The zero-order valence-electron chi connectivity index (χ0n) is 7.31. The van der Waals surface area contributed by atoms with Gasteiger partial charge in [-0.15, -0.1) is 20.2 Å². The van der Waals surface area contributed by atoms with Crippen LogP contribution in [0.15, 0.2) is 30.3 Å². The summed E-state index contributed by atoms with van der Waals surface area (Å²) >= 11 is 0. The third kappa shape index (κ3) is 3.46. The Labute approximate surface area is 83.2 Å². The lowest BCUT2D eigenvalue weighted by Crippen LogP contribution is -2.16. The SMILES string of the molecule is O=[N+]([O-])OC(O[N+](=O)[O-])c1ccccc1. The van der Waals surface area contributed by atoms with Gasteiger partial charge in [-0.05, 0) is 0 Å². The smallest absolute Gasteiger partial charge is 0.278 e. The molecule has 1 aromatic carbocycles. The zero-order chi connectivity index (χ0) is 11.3. The van der Waals surface area contributed by atoms with E-state index in [1.54, 1.807) is 18.2 Å². The molecule has 8 heteroatoms. The van der Waals surface area contributed by atoms with Crippen molar-refractivity contribution in [1.29, 1.82) is 0 Å². The first-order valence-corrected chi connectivity index (χ1v) is 3.77. The van der Waals surface area contributed by atoms with Gasteiger partial charge < -0.3 is 0 Å². The summed E-state index contributed by atoms with van der Waals surface area (Å²) < 4.78 is 0. The van der Waals surface area contributed by atoms with Crippen LogP contribution in [0, 0.1) is 20.2 Å². The van der Waals surface area contributed by atoms with Crippen LogP contribution >= 0.6 is 0 Å². The van der Waals surface area contributed by atoms with E-state index < -0.39 is 16.5 Å². The number of hydrogen-bond acceptors (Lipinski definition) is 6. The maximum absolute atomic E-state index is 10.0. The first kappa shape index (κ1) is 10.7. The van der Waals surface area contributed by atoms with Gasteiger partial charge in [0.2, 0.25) is 0 Å². The minimum atomic E-state index is -1.66. The van der Waals surface area contributed by atoms with E-state index in [9.17, 15) is 20.2 Å². The summed E-state index contributed by atoms with van der Waals surface area (Å²) in [6, 6.07) is 7.58. The van der Waals surface area contributed by atoms with Crippen molar-refractivity contribution in [2.75, 3.05) is 0 Å². The van der Waals surface area contributed by atoms with Crippen molar-refractivity contribution in [3.8, 4) is 0 Å². The molecule has 15 heavy (non-hydrogen) atoms. The molecule has 0 N–H and O–H groups in total. The maximum atomic E-state index is 10.0. The Morgan fingerprint density at radius 1 is 1.00 bits per heavy atom. The van der Waals surface area contributed by atoms with Gasteiger partial charge in [-0.25, -0.2) is 0 Å². The molecule has 0 spiro atoms. The van der Waals surface area contributed by atoms with E-state index in [-0.39, 0.29) is 5.56 Å². The van der Waals surface area contributed by atoms with Gasteiger partial charge in [0.05, 0.1) is 0 Å². The highest BCUT2D eigenvalue weighted by Crippen LogP contribution is 2.18. The molecule has 0 bridgehead atoms. The molecule has 1 aromatic rings. The standard InChI is InChI=1S/C7H6N2O6/c10-8(11)14-7(15-9(12)13)6-4-2-1-3-5-6/h1-5,7H. The average Bonchev–Trinajstić information content (AvgIpc) is 2.17. The Balaban J connectivity index is 2.81. The first-order valence-electron chi connectivity index (χ1n) is 3.77. The zero-order valence-corrected chi connectivity index (χ0v) is 7.31. The van der Waals surface area contributed by atoms with Gasteiger partial charge in [0.25, 0.3) is 16.5 Å².